The van der Waals surface area contributed by atoms with Crippen LogP contribution in [0.4, 0.5) is 5.69 Å². The van der Waals surface area contributed by atoms with E-state index in [2.05, 4.69) is 35.0 Å². The van der Waals surface area contributed by atoms with Gasteiger partial charge in [0.2, 0.25) is 0 Å². The Morgan fingerprint density at radius 1 is 0.966 bits per heavy atom. The second-order valence-corrected chi connectivity index (χ2v) is 6.89. The van der Waals surface area contributed by atoms with Crippen LogP contribution in [-0.4, -0.2) is 23.7 Å². The molecule has 5 nitrogen and oxygen atoms in total. The van der Waals surface area contributed by atoms with E-state index in [1.807, 2.05) is 36.4 Å². The Morgan fingerprint density at radius 3 is 2.41 bits per heavy atom. The summed E-state index contributed by atoms with van der Waals surface area (Å²) in [6, 6.07) is 21.6. The topological polar surface area (TPSA) is 52.5 Å². The van der Waals surface area contributed by atoms with Crippen LogP contribution in [0.3, 0.4) is 0 Å². The van der Waals surface area contributed by atoms with Gasteiger partial charge >= 0.3 is 0 Å². The Balaban J connectivity index is 1.59. The maximum absolute atomic E-state index is 12.7. The Hall–Kier alpha value is -3.47. The summed E-state index contributed by atoms with van der Waals surface area (Å²) in [5, 5.41) is 5.27. The quantitative estimate of drug-likeness (QED) is 0.492. The maximum Gasteiger partial charge on any atom is 0.265 e. The lowest BCUT2D eigenvalue weighted by Crippen LogP contribution is -2.30. The molecule has 1 amide bonds. The van der Waals surface area contributed by atoms with E-state index < -0.39 is 6.10 Å². The first kappa shape index (κ1) is 18.9. The van der Waals surface area contributed by atoms with Crippen LogP contribution in [-0.2, 0) is 11.3 Å². The minimum Gasteiger partial charge on any atom is -0.493 e. The first-order chi connectivity index (χ1) is 14.1. The van der Waals surface area contributed by atoms with E-state index in [9.17, 15) is 4.79 Å². The SMILES string of the molecule is CCn1c2ccccc2c2cc(NC(=O)[C@@H](C)Oc3ccccc3OC)ccc21. The van der Waals surface area contributed by atoms with Gasteiger partial charge in [-0.1, -0.05) is 30.3 Å². The number of nitrogens with one attached hydrogen (secondary N) is 1. The van der Waals surface area contributed by atoms with E-state index in [0.29, 0.717) is 11.5 Å². The molecule has 0 aliphatic rings. The molecule has 0 saturated carbocycles. The Morgan fingerprint density at radius 2 is 1.66 bits per heavy atom. The number of ether oxygens (including phenoxy) is 2. The van der Waals surface area contributed by atoms with Crippen LogP contribution in [0.2, 0.25) is 0 Å². The summed E-state index contributed by atoms with van der Waals surface area (Å²) in [6.45, 7) is 4.75. The number of aryl methyl sites for hydroxylation is 1. The zero-order valence-corrected chi connectivity index (χ0v) is 16.8. The van der Waals surface area contributed by atoms with Gasteiger partial charge < -0.3 is 19.4 Å². The van der Waals surface area contributed by atoms with Gasteiger partial charge in [0, 0.05) is 34.0 Å². The normalized spacial score (nSPS) is 12.1. The van der Waals surface area contributed by atoms with E-state index in [0.717, 1.165) is 23.1 Å². The Kier molecular flexibility index (Phi) is 5.12. The average molecular weight is 388 g/mol. The number of para-hydroxylation sites is 3. The van der Waals surface area contributed by atoms with E-state index in [1.54, 1.807) is 26.2 Å². The minimum atomic E-state index is -0.668. The fourth-order valence-corrected chi connectivity index (χ4v) is 3.68. The van der Waals surface area contributed by atoms with E-state index in [1.165, 1.54) is 10.9 Å². The Labute approximate surface area is 169 Å². The van der Waals surface area contributed by atoms with Crippen molar-refractivity contribution in [2.45, 2.75) is 26.5 Å². The van der Waals surface area contributed by atoms with Crippen LogP contribution in [0, 0.1) is 0 Å². The monoisotopic (exact) mass is 388 g/mol. The summed E-state index contributed by atoms with van der Waals surface area (Å²) in [5.74, 6) is 0.926. The van der Waals surface area contributed by atoms with Gasteiger partial charge in [0.15, 0.2) is 17.6 Å². The summed E-state index contributed by atoms with van der Waals surface area (Å²) in [7, 11) is 1.58. The molecule has 5 heteroatoms. The summed E-state index contributed by atoms with van der Waals surface area (Å²) >= 11 is 0. The van der Waals surface area contributed by atoms with Crippen LogP contribution in [0.15, 0.2) is 66.7 Å². The highest BCUT2D eigenvalue weighted by atomic mass is 16.5. The summed E-state index contributed by atoms with van der Waals surface area (Å²) in [4.78, 5) is 12.7. The molecule has 1 atom stereocenters. The first-order valence-electron chi connectivity index (χ1n) is 9.74. The number of carbonyl (C=O) groups excluding carboxylic acids is 1. The summed E-state index contributed by atoms with van der Waals surface area (Å²) in [5.41, 5.74) is 3.10. The number of hydrogen-bond donors (Lipinski definition) is 1. The molecule has 0 bridgehead atoms. The van der Waals surface area contributed by atoms with Gasteiger partial charge in [0.25, 0.3) is 5.91 Å². The van der Waals surface area contributed by atoms with Crippen LogP contribution >= 0.6 is 0 Å². The van der Waals surface area contributed by atoms with Crippen molar-refractivity contribution < 1.29 is 14.3 Å². The highest BCUT2D eigenvalue weighted by molar-refractivity contribution is 6.10. The smallest absolute Gasteiger partial charge is 0.265 e. The van der Waals surface area contributed by atoms with E-state index >= 15 is 0 Å². The number of aromatic nitrogens is 1. The summed E-state index contributed by atoms with van der Waals surface area (Å²) in [6.07, 6.45) is -0.668. The minimum absolute atomic E-state index is 0.213. The number of rotatable bonds is 6. The van der Waals surface area contributed by atoms with Gasteiger partial charge in [0.1, 0.15) is 0 Å². The number of fused-ring (bicyclic) bond motifs is 3. The molecule has 0 aliphatic carbocycles. The van der Waals surface area contributed by atoms with Crippen LogP contribution < -0.4 is 14.8 Å². The third-order valence-electron chi connectivity index (χ3n) is 5.10. The molecule has 0 unspecified atom stereocenters. The fourth-order valence-electron chi connectivity index (χ4n) is 3.68. The molecule has 0 saturated heterocycles. The zero-order valence-electron chi connectivity index (χ0n) is 16.8. The number of anilines is 1. The van der Waals surface area contributed by atoms with Gasteiger partial charge in [-0.3, -0.25) is 4.79 Å². The molecule has 3 aromatic carbocycles. The zero-order chi connectivity index (χ0) is 20.4. The lowest BCUT2D eigenvalue weighted by atomic mass is 10.1. The number of methoxy groups -OCH3 is 1. The lowest BCUT2D eigenvalue weighted by molar-refractivity contribution is -0.122. The van der Waals surface area contributed by atoms with Crippen molar-refractivity contribution in [3.05, 3.63) is 66.7 Å². The third-order valence-corrected chi connectivity index (χ3v) is 5.10. The highest BCUT2D eigenvalue weighted by Crippen LogP contribution is 2.31. The van der Waals surface area contributed by atoms with Crippen molar-refractivity contribution in [1.29, 1.82) is 0 Å². The van der Waals surface area contributed by atoms with Crippen molar-refractivity contribution in [3.8, 4) is 11.5 Å². The van der Waals surface area contributed by atoms with Gasteiger partial charge in [-0.05, 0) is 50.2 Å². The van der Waals surface area contributed by atoms with E-state index in [4.69, 9.17) is 9.47 Å². The molecule has 0 aliphatic heterocycles. The second-order valence-electron chi connectivity index (χ2n) is 6.89. The maximum atomic E-state index is 12.7. The number of benzene rings is 3. The average Bonchev–Trinajstić information content (AvgIpc) is 3.07. The second kappa shape index (κ2) is 7.87. The number of nitrogens with zero attached hydrogens (tertiary/aromatic N) is 1. The molecule has 0 radical (unpaired) electrons. The van der Waals surface area contributed by atoms with Crippen molar-refractivity contribution >= 4 is 33.4 Å². The Bertz CT molecular complexity index is 1180. The largest absolute Gasteiger partial charge is 0.493 e. The van der Waals surface area contributed by atoms with E-state index in [-0.39, 0.29) is 5.91 Å². The molecular formula is C24H24N2O3. The molecular weight excluding hydrogens is 364 g/mol. The molecule has 0 fully saturated rings. The standard InChI is InChI=1S/C24H24N2O3/c1-4-26-20-10-6-5-9-18(20)19-15-17(13-14-21(19)26)25-24(27)16(2)29-23-12-8-7-11-22(23)28-3/h5-16H,4H2,1-3H3,(H,25,27)/t16-/m1/s1. The molecule has 0 spiro atoms. The van der Waals surface area contributed by atoms with Crippen molar-refractivity contribution in [3.63, 3.8) is 0 Å². The predicted molar refractivity (Wildman–Crippen MR) is 117 cm³/mol. The number of amides is 1. The molecule has 148 valence electrons. The van der Waals surface area contributed by atoms with Crippen molar-refractivity contribution in [1.82, 2.24) is 4.57 Å². The molecule has 1 heterocycles. The van der Waals surface area contributed by atoms with Crippen LogP contribution in [0.5, 0.6) is 11.5 Å². The van der Waals surface area contributed by atoms with Crippen LogP contribution in [0.25, 0.3) is 21.8 Å². The van der Waals surface area contributed by atoms with Gasteiger partial charge in [-0.25, -0.2) is 0 Å². The van der Waals surface area contributed by atoms with Gasteiger partial charge in [0.05, 0.1) is 7.11 Å². The highest BCUT2D eigenvalue weighted by Gasteiger charge is 2.18. The number of carbonyl (C=O) groups is 1. The molecule has 4 aromatic rings. The van der Waals surface area contributed by atoms with Gasteiger partial charge in [-0.2, -0.15) is 0 Å². The van der Waals surface area contributed by atoms with Crippen LogP contribution in [0.1, 0.15) is 13.8 Å². The summed E-state index contributed by atoms with van der Waals surface area (Å²) < 4.78 is 13.4. The molecule has 1 aromatic heterocycles. The lowest BCUT2D eigenvalue weighted by Gasteiger charge is -2.16. The molecule has 29 heavy (non-hydrogen) atoms. The first-order valence-corrected chi connectivity index (χ1v) is 9.74. The predicted octanol–water partition coefficient (Wildman–Crippen LogP) is 5.23. The van der Waals surface area contributed by atoms with Gasteiger partial charge in [-0.15, -0.1) is 0 Å². The number of hydrogen-bond acceptors (Lipinski definition) is 3. The fraction of sp³-hybridized carbons (Fsp3) is 0.208. The molecule has 1 N–H and O–H groups in total. The molecule has 4 rings (SSSR count). The van der Waals surface area contributed by atoms with Crippen molar-refractivity contribution in [2.24, 2.45) is 0 Å². The third kappa shape index (κ3) is 3.51. The van der Waals surface area contributed by atoms with Crippen molar-refractivity contribution in [2.75, 3.05) is 12.4 Å².